The second kappa shape index (κ2) is 9.92. The Labute approximate surface area is 205 Å². The van der Waals surface area contributed by atoms with Gasteiger partial charge in [-0.1, -0.05) is 42.5 Å². The molecule has 0 bridgehead atoms. The zero-order valence-electron chi connectivity index (χ0n) is 19.9. The van der Waals surface area contributed by atoms with E-state index in [-0.39, 0.29) is 0 Å². The summed E-state index contributed by atoms with van der Waals surface area (Å²) in [7, 11) is 1.67. The molecule has 1 aromatic heterocycles. The molecule has 0 unspecified atom stereocenters. The number of methoxy groups -OCH3 is 1. The van der Waals surface area contributed by atoms with Crippen LogP contribution in [-0.2, 0) is 16.8 Å². The molecule has 2 aliphatic rings. The normalized spacial score (nSPS) is 18.1. The summed E-state index contributed by atoms with van der Waals surface area (Å²) in [4.78, 5) is 19.2. The Bertz CT molecular complexity index is 1230. The third-order valence-corrected chi connectivity index (χ3v) is 7.26. The smallest absolute Gasteiger partial charge is 0.314 e. The first-order valence-electron chi connectivity index (χ1n) is 12.1. The standard InChI is InChI=1S/C29H30N2O4/c1-34-22-11-12-27-25(19-22)23(24-9-5-15-30-26(24)20-35-27)10-6-16-31-17-13-29(14-18-31,28(32)33)21-7-3-2-4-8-21/h2-5,7-12,15,19H,6,13-14,16-18,20H2,1H3,(H,32,33). The molecule has 0 amide bonds. The Morgan fingerprint density at radius 2 is 1.91 bits per heavy atom. The number of ether oxygens (including phenoxy) is 2. The first kappa shape index (κ1) is 23.1. The largest absolute Gasteiger partial charge is 0.497 e. The lowest BCUT2D eigenvalue weighted by Crippen LogP contribution is -2.47. The first-order valence-corrected chi connectivity index (χ1v) is 12.1. The topological polar surface area (TPSA) is 71.9 Å². The molecule has 0 atom stereocenters. The minimum Gasteiger partial charge on any atom is -0.497 e. The van der Waals surface area contributed by atoms with E-state index in [1.54, 1.807) is 13.3 Å². The molecule has 3 aromatic rings. The van der Waals surface area contributed by atoms with E-state index < -0.39 is 11.4 Å². The first-order chi connectivity index (χ1) is 17.1. The molecule has 3 heterocycles. The number of carboxylic acids is 1. The lowest BCUT2D eigenvalue weighted by atomic mass is 9.73. The fourth-order valence-corrected chi connectivity index (χ4v) is 5.21. The van der Waals surface area contributed by atoms with Crippen molar-refractivity contribution in [1.29, 1.82) is 0 Å². The second-order valence-corrected chi connectivity index (χ2v) is 9.15. The summed E-state index contributed by atoms with van der Waals surface area (Å²) in [5.74, 6) is 0.883. The van der Waals surface area contributed by atoms with Crippen LogP contribution in [0.2, 0.25) is 0 Å². The van der Waals surface area contributed by atoms with Gasteiger partial charge in [0.05, 0.1) is 18.2 Å². The van der Waals surface area contributed by atoms with Crippen molar-refractivity contribution >= 4 is 11.5 Å². The molecule has 1 saturated heterocycles. The molecule has 0 aliphatic carbocycles. The van der Waals surface area contributed by atoms with Gasteiger partial charge in [-0.25, -0.2) is 0 Å². The predicted octanol–water partition coefficient (Wildman–Crippen LogP) is 4.92. The van der Waals surface area contributed by atoms with Crippen LogP contribution in [-0.4, -0.2) is 47.7 Å². The van der Waals surface area contributed by atoms with E-state index >= 15 is 0 Å². The molecular weight excluding hydrogens is 440 g/mol. The molecule has 180 valence electrons. The van der Waals surface area contributed by atoms with Crippen LogP contribution in [0.1, 0.15) is 41.6 Å². The zero-order valence-corrected chi connectivity index (χ0v) is 19.9. The van der Waals surface area contributed by atoms with E-state index in [4.69, 9.17) is 9.47 Å². The molecule has 5 rings (SSSR count). The second-order valence-electron chi connectivity index (χ2n) is 9.15. The van der Waals surface area contributed by atoms with Crippen LogP contribution in [0.4, 0.5) is 0 Å². The minimum absolute atomic E-state index is 0.426. The van der Waals surface area contributed by atoms with Gasteiger partial charge < -0.3 is 19.5 Å². The molecule has 6 nitrogen and oxygen atoms in total. The third-order valence-electron chi connectivity index (χ3n) is 7.26. The molecule has 0 radical (unpaired) electrons. The summed E-state index contributed by atoms with van der Waals surface area (Å²) in [6.45, 7) is 2.81. The maximum atomic E-state index is 12.3. The highest BCUT2D eigenvalue weighted by molar-refractivity contribution is 5.85. The Hall–Kier alpha value is -3.64. The number of aliphatic carboxylic acids is 1. The van der Waals surface area contributed by atoms with Crippen molar-refractivity contribution < 1.29 is 19.4 Å². The van der Waals surface area contributed by atoms with Crippen LogP contribution in [0, 0.1) is 0 Å². The van der Waals surface area contributed by atoms with Crippen LogP contribution >= 0.6 is 0 Å². The van der Waals surface area contributed by atoms with Crippen LogP contribution in [0.15, 0.2) is 72.9 Å². The van der Waals surface area contributed by atoms with Crippen molar-refractivity contribution in [2.75, 3.05) is 26.7 Å². The molecule has 0 saturated carbocycles. The molecule has 1 fully saturated rings. The van der Waals surface area contributed by atoms with E-state index in [1.807, 2.05) is 54.6 Å². The number of piperidine rings is 1. The molecule has 1 N–H and O–H groups in total. The Balaban J connectivity index is 1.34. The number of benzene rings is 2. The molecule has 6 heteroatoms. The van der Waals surface area contributed by atoms with Crippen molar-refractivity contribution in [3.63, 3.8) is 0 Å². The van der Waals surface area contributed by atoms with E-state index in [9.17, 15) is 9.90 Å². The number of carboxylic acid groups (broad SMARTS) is 1. The van der Waals surface area contributed by atoms with Crippen LogP contribution < -0.4 is 9.47 Å². The monoisotopic (exact) mass is 470 g/mol. The number of hydrogen-bond donors (Lipinski definition) is 1. The number of fused-ring (bicyclic) bond motifs is 2. The third kappa shape index (κ3) is 4.54. The fourth-order valence-electron chi connectivity index (χ4n) is 5.21. The summed E-state index contributed by atoms with van der Waals surface area (Å²) < 4.78 is 11.5. The van der Waals surface area contributed by atoms with Gasteiger partial charge in [-0.3, -0.25) is 9.78 Å². The van der Waals surface area contributed by atoms with Gasteiger partial charge in [-0.15, -0.1) is 0 Å². The summed E-state index contributed by atoms with van der Waals surface area (Å²) in [5.41, 5.74) is 4.20. The minimum atomic E-state index is -0.797. The van der Waals surface area contributed by atoms with Gasteiger partial charge in [0.25, 0.3) is 0 Å². The van der Waals surface area contributed by atoms with Crippen LogP contribution in [0.3, 0.4) is 0 Å². The van der Waals surface area contributed by atoms with Crippen molar-refractivity contribution in [3.05, 3.63) is 95.3 Å². The van der Waals surface area contributed by atoms with Gasteiger partial charge in [0, 0.05) is 23.9 Å². The fraction of sp³-hybridized carbons (Fsp3) is 0.310. The van der Waals surface area contributed by atoms with Crippen molar-refractivity contribution in [1.82, 2.24) is 9.88 Å². The van der Waals surface area contributed by atoms with Gasteiger partial charge in [0.1, 0.15) is 18.1 Å². The average molecular weight is 471 g/mol. The lowest BCUT2D eigenvalue weighted by molar-refractivity contribution is -0.146. The number of rotatable bonds is 6. The highest BCUT2D eigenvalue weighted by Crippen LogP contribution is 2.39. The Kier molecular flexibility index (Phi) is 6.55. The van der Waals surface area contributed by atoms with Gasteiger partial charge in [0.15, 0.2) is 0 Å². The van der Waals surface area contributed by atoms with E-state index in [0.717, 1.165) is 65.5 Å². The Morgan fingerprint density at radius 1 is 1.11 bits per heavy atom. The van der Waals surface area contributed by atoms with Crippen LogP contribution in [0.25, 0.3) is 5.57 Å². The van der Waals surface area contributed by atoms with Gasteiger partial charge in [-0.05, 0) is 67.8 Å². The number of hydrogen-bond acceptors (Lipinski definition) is 5. The van der Waals surface area contributed by atoms with Gasteiger partial charge in [-0.2, -0.15) is 0 Å². The summed E-state index contributed by atoms with van der Waals surface area (Å²) >= 11 is 0. The number of pyridine rings is 1. The number of carbonyl (C=O) groups is 1. The summed E-state index contributed by atoms with van der Waals surface area (Å²) in [6, 6.07) is 19.6. The van der Waals surface area contributed by atoms with E-state index in [0.29, 0.717) is 19.4 Å². The van der Waals surface area contributed by atoms with Crippen LogP contribution in [0.5, 0.6) is 11.5 Å². The highest BCUT2D eigenvalue weighted by atomic mass is 16.5. The van der Waals surface area contributed by atoms with Crippen molar-refractivity contribution in [2.45, 2.75) is 31.3 Å². The molecule has 0 spiro atoms. The molecule has 2 aromatic carbocycles. The van der Waals surface area contributed by atoms with Crippen molar-refractivity contribution in [3.8, 4) is 11.5 Å². The number of aromatic nitrogens is 1. The molecule has 2 aliphatic heterocycles. The zero-order chi connectivity index (χ0) is 24.3. The van der Waals surface area contributed by atoms with Crippen molar-refractivity contribution in [2.24, 2.45) is 0 Å². The van der Waals surface area contributed by atoms with E-state index in [1.165, 1.54) is 0 Å². The SMILES string of the molecule is COc1ccc2c(c1)C(=CCCN1CCC(C(=O)O)(c3ccccc3)CC1)c1cccnc1CO2. The average Bonchev–Trinajstić information content (AvgIpc) is 3.06. The Morgan fingerprint density at radius 3 is 2.66 bits per heavy atom. The maximum absolute atomic E-state index is 12.3. The quantitative estimate of drug-likeness (QED) is 0.551. The molecular formula is C29H30N2O4. The van der Waals surface area contributed by atoms with E-state index in [2.05, 4.69) is 22.0 Å². The maximum Gasteiger partial charge on any atom is 0.314 e. The summed E-state index contributed by atoms with van der Waals surface area (Å²) in [5, 5.41) is 10.1. The van der Waals surface area contributed by atoms with Gasteiger partial charge in [0.2, 0.25) is 0 Å². The predicted molar refractivity (Wildman–Crippen MR) is 135 cm³/mol. The lowest BCUT2D eigenvalue weighted by Gasteiger charge is -2.39. The summed E-state index contributed by atoms with van der Waals surface area (Å²) in [6.07, 6.45) is 6.12. The highest BCUT2D eigenvalue weighted by Gasteiger charge is 2.42. The molecule has 35 heavy (non-hydrogen) atoms. The number of likely N-dealkylation sites (tertiary alicyclic amines) is 1. The number of nitrogens with zero attached hydrogens (tertiary/aromatic N) is 2. The van der Waals surface area contributed by atoms with Gasteiger partial charge >= 0.3 is 5.97 Å².